The van der Waals surface area contributed by atoms with Crippen molar-refractivity contribution in [2.45, 2.75) is 25.2 Å². The minimum Gasteiger partial charge on any atom is -0.336 e. The van der Waals surface area contributed by atoms with Gasteiger partial charge in [-0.15, -0.1) is 0 Å². The van der Waals surface area contributed by atoms with Crippen molar-refractivity contribution < 1.29 is 9.59 Å². The lowest BCUT2D eigenvalue weighted by Gasteiger charge is -2.39. The van der Waals surface area contributed by atoms with Gasteiger partial charge in [-0.25, -0.2) is 9.97 Å². The quantitative estimate of drug-likeness (QED) is 0.720. The van der Waals surface area contributed by atoms with Gasteiger partial charge in [0.15, 0.2) is 0 Å². The number of anilines is 1. The molecule has 0 unspecified atom stereocenters. The van der Waals surface area contributed by atoms with E-state index in [2.05, 4.69) is 15.3 Å². The van der Waals surface area contributed by atoms with Gasteiger partial charge in [-0.05, 0) is 37.5 Å². The fourth-order valence-electron chi connectivity index (χ4n) is 4.41. The van der Waals surface area contributed by atoms with Crippen molar-refractivity contribution in [1.82, 2.24) is 19.3 Å². The average Bonchev–Trinajstić information content (AvgIpc) is 3.15. The Kier molecular flexibility index (Phi) is 3.34. The zero-order chi connectivity index (χ0) is 18.6. The maximum atomic E-state index is 13.4. The van der Waals surface area contributed by atoms with E-state index in [0.717, 1.165) is 24.1 Å². The normalized spacial score (nSPS) is 21.5. The molecule has 7 heteroatoms. The first-order chi connectivity index (χ1) is 13.1. The number of fused-ring (bicyclic) bond motifs is 3. The van der Waals surface area contributed by atoms with Crippen LogP contribution in [0.4, 0.5) is 5.69 Å². The number of aromatic nitrogens is 3. The molecule has 1 saturated heterocycles. The van der Waals surface area contributed by atoms with Crippen LogP contribution in [-0.2, 0) is 10.2 Å². The van der Waals surface area contributed by atoms with Crippen molar-refractivity contribution in [3.05, 3.63) is 59.7 Å². The molecule has 2 aliphatic heterocycles. The Morgan fingerprint density at radius 3 is 3.00 bits per heavy atom. The molecule has 136 valence electrons. The number of hydrogen-bond acceptors (Lipinski definition) is 4. The fraction of sp³-hybridized carbons (Fsp3) is 0.300. The first kappa shape index (κ1) is 16.0. The zero-order valence-electron chi connectivity index (χ0n) is 15.0. The first-order valence-corrected chi connectivity index (χ1v) is 9.10. The molecule has 0 saturated carbocycles. The predicted octanol–water partition coefficient (Wildman–Crippen LogP) is 2.16. The lowest BCUT2D eigenvalue weighted by atomic mass is 9.75. The third-order valence-corrected chi connectivity index (χ3v) is 5.69. The smallest absolute Gasteiger partial charge is 0.272 e. The predicted molar refractivity (Wildman–Crippen MR) is 99.6 cm³/mol. The number of aryl methyl sites for hydroxylation is 1. The fourth-order valence-corrected chi connectivity index (χ4v) is 4.41. The molecule has 2 amide bonds. The summed E-state index contributed by atoms with van der Waals surface area (Å²) in [5, 5.41) is 2.99. The molecule has 3 aromatic rings. The maximum absolute atomic E-state index is 13.4. The van der Waals surface area contributed by atoms with Crippen LogP contribution in [0.15, 0.2) is 42.7 Å². The lowest BCUT2D eigenvalue weighted by molar-refractivity contribution is -0.122. The second-order valence-corrected chi connectivity index (χ2v) is 7.25. The number of carbonyl (C=O) groups excluding carboxylic acids is 2. The lowest BCUT2D eigenvalue weighted by Crippen LogP contribution is -2.52. The molecule has 0 radical (unpaired) electrons. The van der Waals surface area contributed by atoms with E-state index >= 15 is 0 Å². The molecule has 1 aromatic carbocycles. The Morgan fingerprint density at radius 1 is 1.26 bits per heavy atom. The number of hydrogen-bond donors (Lipinski definition) is 1. The second-order valence-electron chi connectivity index (χ2n) is 7.25. The topological polar surface area (TPSA) is 79.6 Å². The molecule has 5 rings (SSSR count). The van der Waals surface area contributed by atoms with Crippen LogP contribution in [0.25, 0.3) is 5.78 Å². The van der Waals surface area contributed by atoms with Crippen molar-refractivity contribution in [1.29, 1.82) is 0 Å². The summed E-state index contributed by atoms with van der Waals surface area (Å²) < 4.78 is 1.72. The van der Waals surface area contributed by atoms with Gasteiger partial charge in [0.2, 0.25) is 11.7 Å². The molecular weight excluding hydrogens is 342 g/mol. The maximum Gasteiger partial charge on any atom is 0.272 e. The van der Waals surface area contributed by atoms with Crippen molar-refractivity contribution in [2.75, 3.05) is 18.4 Å². The average molecular weight is 361 g/mol. The summed E-state index contributed by atoms with van der Waals surface area (Å²) in [5.41, 5.74) is 2.34. The Labute approximate surface area is 156 Å². The number of para-hydroxylation sites is 1. The number of carbonyl (C=O) groups is 2. The van der Waals surface area contributed by atoms with E-state index in [1.165, 1.54) is 0 Å². The highest BCUT2D eigenvalue weighted by Crippen LogP contribution is 2.43. The van der Waals surface area contributed by atoms with Crippen LogP contribution in [0.5, 0.6) is 0 Å². The van der Waals surface area contributed by atoms with Crippen molar-refractivity contribution in [3.63, 3.8) is 0 Å². The molecular formula is C20H19N5O2. The highest BCUT2D eigenvalue weighted by atomic mass is 16.2. The summed E-state index contributed by atoms with van der Waals surface area (Å²) in [5.74, 6) is 0.385. The third-order valence-electron chi connectivity index (χ3n) is 5.69. The Bertz CT molecular complexity index is 1090. The van der Waals surface area contributed by atoms with Gasteiger partial charge in [-0.2, -0.15) is 0 Å². The summed E-state index contributed by atoms with van der Waals surface area (Å²) in [4.78, 5) is 36.6. The summed E-state index contributed by atoms with van der Waals surface area (Å²) in [7, 11) is 0. The second kappa shape index (κ2) is 5.64. The van der Waals surface area contributed by atoms with Gasteiger partial charge >= 0.3 is 0 Å². The summed E-state index contributed by atoms with van der Waals surface area (Å²) >= 11 is 0. The van der Waals surface area contributed by atoms with Crippen LogP contribution in [-0.4, -0.2) is 44.2 Å². The van der Waals surface area contributed by atoms with Crippen LogP contribution >= 0.6 is 0 Å². The van der Waals surface area contributed by atoms with E-state index in [1.54, 1.807) is 27.8 Å². The Morgan fingerprint density at radius 2 is 2.11 bits per heavy atom. The van der Waals surface area contributed by atoms with Crippen LogP contribution < -0.4 is 5.32 Å². The van der Waals surface area contributed by atoms with Crippen molar-refractivity contribution in [2.24, 2.45) is 0 Å². The van der Waals surface area contributed by atoms with E-state index in [-0.39, 0.29) is 11.8 Å². The number of nitrogens with one attached hydrogen (secondary N) is 1. The number of benzene rings is 1. The van der Waals surface area contributed by atoms with Gasteiger partial charge in [0.05, 0.1) is 11.1 Å². The molecule has 1 N–H and O–H groups in total. The Hall–Kier alpha value is -3.22. The minimum absolute atomic E-state index is 0.0160. The SMILES string of the molecule is Cc1nc2ncccn2c1C(=O)N1CCC[C@]2(C1)C(=O)Nc1ccccc12. The summed E-state index contributed by atoms with van der Waals surface area (Å²) in [6.07, 6.45) is 4.98. The van der Waals surface area contributed by atoms with Crippen LogP contribution in [0.3, 0.4) is 0 Å². The van der Waals surface area contributed by atoms with E-state index in [4.69, 9.17) is 0 Å². The number of imidazole rings is 1. The van der Waals surface area contributed by atoms with Crippen LogP contribution in [0.1, 0.15) is 34.6 Å². The minimum atomic E-state index is -0.669. The Balaban J connectivity index is 1.54. The van der Waals surface area contributed by atoms with Gasteiger partial charge in [-0.1, -0.05) is 18.2 Å². The molecule has 0 bridgehead atoms. The molecule has 0 aliphatic carbocycles. The summed E-state index contributed by atoms with van der Waals surface area (Å²) in [6.45, 7) is 2.82. The molecule has 1 atom stereocenters. The van der Waals surface area contributed by atoms with Gasteiger partial charge in [0.25, 0.3) is 5.91 Å². The molecule has 1 fully saturated rings. The largest absolute Gasteiger partial charge is 0.336 e. The number of amides is 2. The first-order valence-electron chi connectivity index (χ1n) is 9.10. The van der Waals surface area contributed by atoms with E-state index in [9.17, 15) is 9.59 Å². The molecule has 1 spiro atoms. The molecule has 7 nitrogen and oxygen atoms in total. The van der Waals surface area contributed by atoms with Gasteiger partial charge in [-0.3, -0.25) is 14.0 Å². The molecule has 4 heterocycles. The van der Waals surface area contributed by atoms with Gasteiger partial charge < -0.3 is 10.2 Å². The van der Waals surface area contributed by atoms with Gasteiger partial charge in [0.1, 0.15) is 5.69 Å². The van der Waals surface area contributed by atoms with E-state index in [0.29, 0.717) is 30.3 Å². The highest BCUT2D eigenvalue weighted by molar-refractivity contribution is 6.07. The van der Waals surface area contributed by atoms with Crippen molar-refractivity contribution in [3.8, 4) is 0 Å². The highest BCUT2D eigenvalue weighted by Gasteiger charge is 2.50. The number of piperidine rings is 1. The third kappa shape index (κ3) is 2.21. The van der Waals surface area contributed by atoms with Crippen LogP contribution in [0.2, 0.25) is 0 Å². The summed E-state index contributed by atoms with van der Waals surface area (Å²) in [6, 6.07) is 9.55. The van der Waals surface area contributed by atoms with Gasteiger partial charge in [0, 0.05) is 31.2 Å². The molecule has 2 aliphatic rings. The van der Waals surface area contributed by atoms with E-state index < -0.39 is 5.41 Å². The van der Waals surface area contributed by atoms with E-state index in [1.807, 2.05) is 31.2 Å². The van der Waals surface area contributed by atoms with Crippen molar-refractivity contribution >= 4 is 23.3 Å². The molecule has 27 heavy (non-hydrogen) atoms. The van der Waals surface area contributed by atoms with Crippen LogP contribution in [0, 0.1) is 6.92 Å². The number of likely N-dealkylation sites (tertiary alicyclic amines) is 1. The zero-order valence-corrected chi connectivity index (χ0v) is 15.0. The standard InChI is InChI=1S/C20H19N5O2/c1-13-16(25-11-5-9-21-19(25)22-13)17(26)24-10-4-8-20(12-24)14-6-2-3-7-15(14)23-18(20)27/h2-3,5-7,9,11H,4,8,10,12H2,1H3,(H,23,27)/t20-/m1/s1. The number of nitrogens with zero attached hydrogens (tertiary/aromatic N) is 4. The molecule has 2 aromatic heterocycles. The number of rotatable bonds is 1. The monoisotopic (exact) mass is 361 g/mol.